The van der Waals surface area contributed by atoms with Gasteiger partial charge in [0.15, 0.2) is 0 Å². The van der Waals surface area contributed by atoms with Gasteiger partial charge in [-0.1, -0.05) is 17.7 Å². The summed E-state index contributed by atoms with van der Waals surface area (Å²) >= 11 is 0. The van der Waals surface area contributed by atoms with Crippen LogP contribution in [0.5, 0.6) is 0 Å². The number of ether oxygens (including phenoxy) is 2. The molecule has 1 aromatic heterocycles. The van der Waals surface area contributed by atoms with Crippen LogP contribution in [0.3, 0.4) is 0 Å². The van der Waals surface area contributed by atoms with Crippen LogP contribution >= 0.6 is 0 Å². The Hall–Kier alpha value is -2.07. The highest BCUT2D eigenvalue weighted by Crippen LogP contribution is 2.38. The summed E-state index contributed by atoms with van der Waals surface area (Å²) in [6.07, 6.45) is 5.68. The number of rotatable bonds is 2. The van der Waals surface area contributed by atoms with Crippen LogP contribution in [0.25, 0.3) is 6.08 Å². The molecule has 0 unspecified atom stereocenters. The van der Waals surface area contributed by atoms with Gasteiger partial charge in [-0.15, -0.1) is 0 Å². The number of furan rings is 1. The Labute approximate surface area is 149 Å². The van der Waals surface area contributed by atoms with Gasteiger partial charge in [-0.25, -0.2) is 4.79 Å². The lowest BCUT2D eigenvalue weighted by Crippen LogP contribution is -2.17. The molecule has 25 heavy (non-hydrogen) atoms. The van der Waals surface area contributed by atoms with Crippen molar-refractivity contribution in [2.24, 2.45) is 5.92 Å². The van der Waals surface area contributed by atoms with E-state index < -0.39 is 0 Å². The summed E-state index contributed by atoms with van der Waals surface area (Å²) in [5.74, 6) is 1.52. The zero-order chi connectivity index (χ0) is 18.1. The highest BCUT2D eigenvalue weighted by Gasteiger charge is 2.31. The first-order valence-electron chi connectivity index (χ1n) is 8.76. The Morgan fingerprint density at radius 3 is 2.80 bits per heavy atom. The number of fused-ring (bicyclic) bond motifs is 3. The molecule has 1 aromatic rings. The summed E-state index contributed by atoms with van der Waals surface area (Å²) in [7, 11) is 1.69. The maximum absolute atomic E-state index is 12.1. The lowest BCUT2D eigenvalue weighted by molar-refractivity contribution is -0.139. The number of methoxy groups -OCH3 is 1. The fraction of sp³-hybridized carbons (Fsp3) is 0.476. The van der Waals surface area contributed by atoms with Crippen molar-refractivity contribution < 1.29 is 18.7 Å². The van der Waals surface area contributed by atoms with E-state index in [0.29, 0.717) is 12.8 Å². The predicted octanol–water partition coefficient (Wildman–Crippen LogP) is 4.91. The highest BCUT2D eigenvalue weighted by atomic mass is 16.5. The molecule has 0 amide bonds. The minimum atomic E-state index is -0.213. The molecule has 0 fully saturated rings. The second-order valence-electron chi connectivity index (χ2n) is 7.17. The molecule has 0 radical (unpaired) electrons. The number of carbonyl (C=O) groups is 1. The van der Waals surface area contributed by atoms with Gasteiger partial charge in [-0.05, 0) is 57.4 Å². The molecule has 0 spiro atoms. The van der Waals surface area contributed by atoms with Crippen LogP contribution in [-0.2, 0) is 14.3 Å². The van der Waals surface area contributed by atoms with Crippen molar-refractivity contribution in [3.63, 3.8) is 0 Å². The van der Waals surface area contributed by atoms with Gasteiger partial charge in [0, 0.05) is 25.0 Å². The first-order valence-corrected chi connectivity index (χ1v) is 8.76. The molecule has 0 saturated carbocycles. The number of carbonyl (C=O) groups excluding carboxylic acids is 1. The van der Waals surface area contributed by atoms with Crippen molar-refractivity contribution in [1.82, 2.24) is 0 Å². The largest absolute Gasteiger partial charge is 0.459 e. The molecule has 0 aliphatic carbocycles. The van der Waals surface area contributed by atoms with Crippen molar-refractivity contribution >= 4 is 12.0 Å². The monoisotopic (exact) mass is 342 g/mol. The van der Waals surface area contributed by atoms with E-state index in [-0.39, 0.29) is 24.1 Å². The summed E-state index contributed by atoms with van der Waals surface area (Å²) in [6.45, 7) is 10.2. The van der Waals surface area contributed by atoms with E-state index in [9.17, 15) is 4.79 Å². The van der Waals surface area contributed by atoms with E-state index in [1.54, 1.807) is 7.11 Å². The van der Waals surface area contributed by atoms with E-state index in [1.165, 1.54) is 0 Å². The van der Waals surface area contributed by atoms with Gasteiger partial charge >= 0.3 is 5.97 Å². The fourth-order valence-corrected chi connectivity index (χ4v) is 3.74. The van der Waals surface area contributed by atoms with Crippen LogP contribution in [0, 0.1) is 12.8 Å². The van der Waals surface area contributed by atoms with Crippen LogP contribution in [0.2, 0.25) is 0 Å². The molecule has 0 N–H and O–H groups in total. The average Bonchev–Trinajstić information content (AvgIpc) is 3.05. The normalized spacial score (nSPS) is 28.8. The standard InChI is InChI=1S/C21H26O4/c1-12(2)18-7-6-15-11-17(25-21(15)22)9-13(3)8-16-10-14(4)19(24-16)20(18)23-5/h8,10-11,17-18,20H,1,6-7,9H2,2-5H3/b13-8-/t17-,18+,20+/m0/s1. The van der Waals surface area contributed by atoms with Crippen LogP contribution in [0.15, 0.2) is 39.9 Å². The second-order valence-corrected chi connectivity index (χ2v) is 7.17. The van der Waals surface area contributed by atoms with Crippen molar-refractivity contribution in [3.8, 4) is 0 Å². The van der Waals surface area contributed by atoms with Gasteiger partial charge in [-0.2, -0.15) is 0 Å². The van der Waals surface area contributed by atoms with E-state index in [0.717, 1.165) is 40.2 Å². The topological polar surface area (TPSA) is 48.7 Å². The third-order valence-electron chi connectivity index (χ3n) is 5.03. The lowest BCUT2D eigenvalue weighted by atomic mass is 9.86. The zero-order valence-corrected chi connectivity index (χ0v) is 15.4. The molecule has 2 aliphatic rings. The molecule has 3 rings (SSSR count). The molecule has 3 atom stereocenters. The smallest absolute Gasteiger partial charge is 0.334 e. The average molecular weight is 342 g/mol. The Bertz CT molecular complexity index is 750. The minimum absolute atomic E-state index is 0.0706. The quantitative estimate of drug-likeness (QED) is 0.566. The van der Waals surface area contributed by atoms with Gasteiger partial charge < -0.3 is 13.9 Å². The molecule has 4 nitrogen and oxygen atoms in total. The van der Waals surface area contributed by atoms with Crippen LogP contribution < -0.4 is 0 Å². The van der Waals surface area contributed by atoms with Gasteiger partial charge in [0.25, 0.3) is 0 Å². The third-order valence-corrected chi connectivity index (χ3v) is 5.03. The Morgan fingerprint density at radius 2 is 2.12 bits per heavy atom. The maximum atomic E-state index is 12.1. The summed E-state index contributed by atoms with van der Waals surface area (Å²) in [5, 5.41) is 0. The van der Waals surface area contributed by atoms with E-state index in [2.05, 4.69) is 6.58 Å². The van der Waals surface area contributed by atoms with Crippen molar-refractivity contribution in [1.29, 1.82) is 0 Å². The Morgan fingerprint density at radius 1 is 1.36 bits per heavy atom. The first-order chi connectivity index (χ1) is 11.9. The first kappa shape index (κ1) is 17.7. The molecule has 4 bridgehead atoms. The third kappa shape index (κ3) is 3.64. The second kappa shape index (κ2) is 7.04. The molecule has 2 aliphatic heterocycles. The van der Waals surface area contributed by atoms with Gasteiger partial charge in [0.2, 0.25) is 0 Å². The number of esters is 1. The zero-order valence-electron chi connectivity index (χ0n) is 15.4. The van der Waals surface area contributed by atoms with Crippen LogP contribution in [0.1, 0.15) is 56.3 Å². The van der Waals surface area contributed by atoms with Crippen molar-refractivity contribution in [2.45, 2.75) is 52.2 Å². The number of hydrogen-bond donors (Lipinski definition) is 0. The molecule has 134 valence electrons. The molecule has 0 saturated heterocycles. The van der Waals surface area contributed by atoms with Crippen molar-refractivity contribution in [3.05, 3.63) is 52.5 Å². The fourth-order valence-electron chi connectivity index (χ4n) is 3.74. The molecule has 3 heterocycles. The summed E-state index contributed by atoms with van der Waals surface area (Å²) in [5.41, 5.74) is 3.97. The molecule has 4 heteroatoms. The Kier molecular flexibility index (Phi) is 5.00. The van der Waals surface area contributed by atoms with E-state index in [1.807, 2.05) is 39.0 Å². The van der Waals surface area contributed by atoms with E-state index >= 15 is 0 Å². The minimum Gasteiger partial charge on any atom is -0.459 e. The Balaban J connectivity index is 2.05. The lowest BCUT2D eigenvalue weighted by Gasteiger charge is -2.25. The van der Waals surface area contributed by atoms with Gasteiger partial charge in [0.05, 0.1) is 0 Å². The van der Waals surface area contributed by atoms with Crippen LogP contribution in [0.4, 0.5) is 0 Å². The van der Waals surface area contributed by atoms with Crippen molar-refractivity contribution in [2.75, 3.05) is 7.11 Å². The van der Waals surface area contributed by atoms with Gasteiger partial charge in [0.1, 0.15) is 23.7 Å². The number of aryl methyl sites for hydroxylation is 1. The number of hydrogen-bond acceptors (Lipinski definition) is 4. The SMILES string of the molecule is C=C(C)[C@H]1CCC2=C[C@H](C/C(C)=C\c3cc(C)c(o3)[C@@H]1OC)OC2=O. The molecule has 0 aromatic carbocycles. The summed E-state index contributed by atoms with van der Waals surface area (Å²) in [6, 6.07) is 2.04. The maximum Gasteiger partial charge on any atom is 0.334 e. The highest BCUT2D eigenvalue weighted by molar-refractivity contribution is 5.90. The molecular formula is C21H26O4. The van der Waals surface area contributed by atoms with Crippen LogP contribution in [-0.4, -0.2) is 19.2 Å². The summed E-state index contributed by atoms with van der Waals surface area (Å²) in [4.78, 5) is 12.1. The summed E-state index contributed by atoms with van der Waals surface area (Å²) < 4.78 is 17.4. The molecular weight excluding hydrogens is 316 g/mol. The van der Waals surface area contributed by atoms with E-state index in [4.69, 9.17) is 13.9 Å². The predicted molar refractivity (Wildman–Crippen MR) is 97.0 cm³/mol. The van der Waals surface area contributed by atoms with Gasteiger partial charge in [-0.3, -0.25) is 0 Å².